The Morgan fingerprint density at radius 1 is 1.28 bits per heavy atom. The number of amides is 1. The van der Waals surface area contributed by atoms with Gasteiger partial charge in [0.2, 0.25) is 0 Å². The maximum absolute atomic E-state index is 13.0. The van der Waals surface area contributed by atoms with E-state index in [1.165, 1.54) is 18.2 Å². The van der Waals surface area contributed by atoms with Crippen molar-refractivity contribution < 1.29 is 27.9 Å². The third-order valence-corrected chi connectivity index (χ3v) is 3.83. The zero-order valence-electron chi connectivity index (χ0n) is 12.7. The number of benzene rings is 1. The van der Waals surface area contributed by atoms with Gasteiger partial charge in [-0.2, -0.15) is 13.2 Å². The molecule has 2 N–H and O–H groups in total. The molecule has 7 nitrogen and oxygen atoms in total. The fraction of sp³-hybridized carbons (Fsp3) is 0.333. The molecule has 132 valence electrons. The van der Waals surface area contributed by atoms with Crippen LogP contribution in [0.3, 0.4) is 0 Å². The zero-order chi connectivity index (χ0) is 18.2. The number of nitrogens with zero attached hydrogens (tertiary/aromatic N) is 3. The van der Waals surface area contributed by atoms with E-state index < -0.39 is 29.7 Å². The van der Waals surface area contributed by atoms with E-state index in [0.29, 0.717) is 12.8 Å². The van der Waals surface area contributed by atoms with Crippen LogP contribution in [0.4, 0.5) is 13.2 Å². The summed E-state index contributed by atoms with van der Waals surface area (Å²) < 4.78 is 40.0. The number of carboxylic acid groups (broad SMARTS) is 1. The number of hydrogen-bond acceptors (Lipinski definition) is 4. The third kappa shape index (κ3) is 3.62. The fourth-order valence-electron chi connectivity index (χ4n) is 2.42. The van der Waals surface area contributed by atoms with Crippen LogP contribution in [0, 0.1) is 5.92 Å². The van der Waals surface area contributed by atoms with E-state index in [2.05, 4.69) is 15.6 Å². The molecule has 1 aromatic carbocycles. The van der Waals surface area contributed by atoms with Gasteiger partial charge in [-0.25, -0.2) is 9.48 Å². The van der Waals surface area contributed by atoms with Crippen molar-refractivity contribution in [2.45, 2.75) is 25.1 Å². The molecule has 1 amide bonds. The van der Waals surface area contributed by atoms with E-state index >= 15 is 0 Å². The topological polar surface area (TPSA) is 97.1 Å². The van der Waals surface area contributed by atoms with Crippen LogP contribution in [0.1, 0.15) is 28.9 Å². The number of nitrogens with one attached hydrogen (secondary N) is 1. The molecule has 0 aliphatic heterocycles. The van der Waals surface area contributed by atoms with Gasteiger partial charge < -0.3 is 10.4 Å². The molecular formula is C15H13F3N4O3. The number of aliphatic carboxylic acids is 1. The van der Waals surface area contributed by atoms with E-state index in [4.69, 9.17) is 5.11 Å². The lowest BCUT2D eigenvalue weighted by atomic mass is 10.1. The van der Waals surface area contributed by atoms with E-state index in [-0.39, 0.29) is 17.3 Å². The van der Waals surface area contributed by atoms with E-state index in [9.17, 15) is 22.8 Å². The summed E-state index contributed by atoms with van der Waals surface area (Å²) in [7, 11) is 0. The van der Waals surface area contributed by atoms with Crippen LogP contribution in [-0.2, 0) is 11.0 Å². The third-order valence-electron chi connectivity index (χ3n) is 3.83. The van der Waals surface area contributed by atoms with Crippen LogP contribution in [0.2, 0.25) is 0 Å². The van der Waals surface area contributed by atoms with Gasteiger partial charge in [0.15, 0.2) is 5.69 Å². The van der Waals surface area contributed by atoms with Gasteiger partial charge in [-0.15, -0.1) is 5.10 Å². The minimum atomic E-state index is -4.59. The molecular weight excluding hydrogens is 341 g/mol. The molecule has 1 heterocycles. The second-order valence-electron chi connectivity index (χ2n) is 5.69. The average Bonchev–Trinajstić information content (AvgIpc) is 3.26. The zero-order valence-corrected chi connectivity index (χ0v) is 12.7. The summed E-state index contributed by atoms with van der Waals surface area (Å²) in [6, 6.07) is 3.69. The van der Waals surface area contributed by atoms with Crippen LogP contribution >= 0.6 is 0 Å². The Morgan fingerprint density at radius 2 is 1.96 bits per heavy atom. The minimum absolute atomic E-state index is 0.137. The Kier molecular flexibility index (Phi) is 4.19. The number of aromatic nitrogens is 3. The van der Waals surface area contributed by atoms with Crippen LogP contribution in [0.25, 0.3) is 5.69 Å². The highest BCUT2D eigenvalue weighted by Crippen LogP contribution is 2.34. The van der Waals surface area contributed by atoms with Gasteiger partial charge in [-0.3, -0.25) is 4.79 Å². The van der Waals surface area contributed by atoms with Crippen molar-refractivity contribution in [3.8, 4) is 5.69 Å². The van der Waals surface area contributed by atoms with Crippen LogP contribution in [-0.4, -0.2) is 38.0 Å². The Balaban J connectivity index is 1.83. The summed E-state index contributed by atoms with van der Waals surface area (Å²) in [5, 5.41) is 18.5. The number of carbonyl (C=O) groups excluding carboxylic acids is 1. The van der Waals surface area contributed by atoms with Crippen molar-refractivity contribution in [2.75, 3.05) is 0 Å². The molecule has 0 radical (unpaired) electrons. The van der Waals surface area contributed by atoms with Gasteiger partial charge in [-0.05, 0) is 30.9 Å². The first-order valence-electron chi connectivity index (χ1n) is 7.40. The van der Waals surface area contributed by atoms with Crippen molar-refractivity contribution >= 4 is 11.9 Å². The lowest BCUT2D eigenvalue weighted by molar-refractivity contribution is -0.140. The van der Waals surface area contributed by atoms with E-state index in [1.54, 1.807) is 0 Å². The first-order chi connectivity index (χ1) is 11.8. The Morgan fingerprint density at radius 3 is 2.56 bits per heavy atom. The molecule has 1 saturated carbocycles. The summed E-state index contributed by atoms with van der Waals surface area (Å²) in [4.78, 5) is 23.3. The van der Waals surface area contributed by atoms with E-state index in [0.717, 1.165) is 16.9 Å². The second kappa shape index (κ2) is 6.19. The first-order valence-corrected chi connectivity index (χ1v) is 7.40. The predicted octanol–water partition coefficient (Wildman–Crippen LogP) is 1.88. The van der Waals surface area contributed by atoms with Gasteiger partial charge in [-0.1, -0.05) is 17.3 Å². The summed E-state index contributed by atoms with van der Waals surface area (Å²) in [5.74, 6) is -2.09. The Labute approximate surface area is 139 Å². The standard InChI is InChI=1S/C15H13F3N4O3/c16-15(17,18)9-3-1-2-4-11(9)22-7-10(20-21-22)13(23)19-12(14(24)25)8-5-6-8/h1-4,7-8,12H,5-6H2,(H,19,23)(H,24,25). The summed E-state index contributed by atoms with van der Waals surface area (Å²) >= 11 is 0. The van der Waals surface area contributed by atoms with Crippen molar-refractivity contribution in [1.29, 1.82) is 0 Å². The lowest BCUT2D eigenvalue weighted by Crippen LogP contribution is -2.42. The molecule has 1 aromatic heterocycles. The molecule has 1 fully saturated rings. The molecule has 1 aliphatic carbocycles. The van der Waals surface area contributed by atoms with Gasteiger partial charge in [0.25, 0.3) is 5.91 Å². The molecule has 0 spiro atoms. The highest BCUT2D eigenvalue weighted by atomic mass is 19.4. The molecule has 1 aliphatic rings. The summed E-state index contributed by atoms with van der Waals surface area (Å²) in [5.41, 5.74) is -1.46. The number of carbonyl (C=O) groups is 2. The van der Waals surface area contributed by atoms with E-state index in [1.807, 2.05) is 0 Å². The average molecular weight is 354 g/mol. The van der Waals surface area contributed by atoms with Crippen LogP contribution in [0.5, 0.6) is 0 Å². The van der Waals surface area contributed by atoms with Crippen molar-refractivity contribution in [3.63, 3.8) is 0 Å². The lowest BCUT2D eigenvalue weighted by Gasteiger charge is -2.12. The highest BCUT2D eigenvalue weighted by molar-refractivity contribution is 5.94. The van der Waals surface area contributed by atoms with Gasteiger partial charge in [0.05, 0.1) is 17.4 Å². The second-order valence-corrected chi connectivity index (χ2v) is 5.69. The largest absolute Gasteiger partial charge is 0.480 e. The smallest absolute Gasteiger partial charge is 0.418 e. The maximum atomic E-state index is 13.0. The quantitative estimate of drug-likeness (QED) is 0.854. The predicted molar refractivity (Wildman–Crippen MR) is 78.0 cm³/mol. The SMILES string of the molecule is O=C(NC(C(=O)O)C1CC1)c1cn(-c2ccccc2C(F)(F)F)nn1. The van der Waals surface area contributed by atoms with Gasteiger partial charge in [0, 0.05) is 0 Å². The van der Waals surface area contributed by atoms with Gasteiger partial charge in [0.1, 0.15) is 6.04 Å². The van der Waals surface area contributed by atoms with Crippen LogP contribution in [0.15, 0.2) is 30.5 Å². The first kappa shape index (κ1) is 16.9. The normalized spacial score (nSPS) is 15.6. The Hall–Kier alpha value is -2.91. The molecule has 25 heavy (non-hydrogen) atoms. The van der Waals surface area contributed by atoms with Crippen molar-refractivity contribution in [3.05, 3.63) is 41.7 Å². The number of rotatable bonds is 5. The highest BCUT2D eigenvalue weighted by Gasteiger charge is 2.38. The molecule has 0 saturated heterocycles. The van der Waals surface area contributed by atoms with Crippen molar-refractivity contribution in [1.82, 2.24) is 20.3 Å². The maximum Gasteiger partial charge on any atom is 0.418 e. The number of carboxylic acids is 1. The summed E-state index contributed by atoms with van der Waals surface area (Å²) in [6.45, 7) is 0. The molecule has 1 atom stereocenters. The summed E-state index contributed by atoms with van der Waals surface area (Å²) in [6.07, 6.45) is -2.16. The Bertz CT molecular complexity index is 814. The molecule has 10 heteroatoms. The number of halogens is 3. The fourth-order valence-corrected chi connectivity index (χ4v) is 2.42. The molecule has 3 rings (SSSR count). The number of alkyl halides is 3. The minimum Gasteiger partial charge on any atom is -0.480 e. The number of para-hydroxylation sites is 1. The number of hydrogen-bond donors (Lipinski definition) is 2. The molecule has 1 unspecified atom stereocenters. The molecule has 0 bridgehead atoms. The van der Waals surface area contributed by atoms with Gasteiger partial charge >= 0.3 is 12.1 Å². The molecule has 2 aromatic rings. The van der Waals surface area contributed by atoms with Crippen LogP contribution < -0.4 is 5.32 Å². The van der Waals surface area contributed by atoms with Crippen molar-refractivity contribution in [2.24, 2.45) is 5.92 Å². The monoisotopic (exact) mass is 354 g/mol.